The van der Waals surface area contributed by atoms with Gasteiger partial charge in [-0.25, -0.2) is 0 Å². The van der Waals surface area contributed by atoms with Crippen molar-refractivity contribution < 1.29 is 37.7 Å². The van der Waals surface area contributed by atoms with Crippen LogP contribution in [0.4, 0.5) is 0 Å². The van der Waals surface area contributed by atoms with E-state index in [9.17, 15) is 19.6 Å². The lowest BCUT2D eigenvalue weighted by Crippen LogP contribution is -1.92. The zero-order valence-corrected chi connectivity index (χ0v) is 14.6. The Kier molecular flexibility index (Phi) is 5.95. The van der Waals surface area contributed by atoms with Crippen molar-refractivity contribution in [3.8, 4) is 0 Å². The van der Waals surface area contributed by atoms with Crippen LogP contribution in [0.5, 0.6) is 0 Å². The molecule has 20 heavy (non-hydrogen) atoms. The van der Waals surface area contributed by atoms with E-state index in [4.69, 9.17) is 0 Å². The summed E-state index contributed by atoms with van der Waals surface area (Å²) in [5.41, 5.74) is 0. The molecule has 1 rings (SSSR count). The molecule has 0 aliphatic carbocycles. The Hall–Kier alpha value is 0.600. The van der Waals surface area contributed by atoms with Gasteiger partial charge in [-0.2, -0.15) is 0 Å². The fourth-order valence-corrected chi connectivity index (χ4v) is 10.0. The van der Waals surface area contributed by atoms with Crippen LogP contribution in [0.3, 0.4) is 0 Å². The molecular formula is C4H16N4O8P4. The minimum absolute atomic E-state index is 1.06. The fraction of sp³-hybridized carbons (Fsp3) is 1.00. The molecule has 0 aromatic carbocycles. The zero-order valence-electron chi connectivity index (χ0n) is 11.0. The van der Waals surface area contributed by atoms with Crippen molar-refractivity contribution in [2.45, 2.75) is 0 Å². The van der Waals surface area contributed by atoms with Gasteiger partial charge in [0, 0.05) is 28.4 Å². The predicted molar refractivity (Wildman–Crippen MR) is 74.3 cm³/mol. The summed E-state index contributed by atoms with van der Waals surface area (Å²) < 4.78 is 32.7. The quantitative estimate of drug-likeness (QED) is 0.545. The summed E-state index contributed by atoms with van der Waals surface area (Å²) in [7, 11) is -11.8. The van der Waals surface area contributed by atoms with Gasteiger partial charge in [-0.05, 0) is 0 Å². The standard InChI is InChI=1S/C4H16N4O8P4/c1-13-17(9)5-18(10,14-2)7-20(12,16-4)8-19(11,6-17)15-3/h9-12H,1-4H3. The maximum atomic E-state index is 10.1. The topological polar surface area (TPSA) is 167 Å². The average molecular weight is 372 g/mol. The second kappa shape index (κ2) is 6.38. The average Bonchev–Trinajstić information content (AvgIpc) is 2.36. The lowest BCUT2D eigenvalue weighted by Gasteiger charge is -2.24. The second-order valence-electron chi connectivity index (χ2n) is 3.14. The van der Waals surface area contributed by atoms with Crippen LogP contribution < -0.4 is 0 Å². The largest absolute Gasteiger partial charge is 0.346 e. The van der Waals surface area contributed by atoms with Crippen molar-refractivity contribution in [1.29, 1.82) is 0 Å². The number of nitrogens with zero attached hydrogens (tertiary/aromatic N) is 4. The number of hydrogen-bond donors (Lipinski definition) is 4. The van der Waals surface area contributed by atoms with Crippen molar-refractivity contribution in [2.24, 2.45) is 18.1 Å². The Bertz CT molecular complexity index is 473. The van der Waals surface area contributed by atoms with E-state index in [1.807, 2.05) is 0 Å². The molecule has 12 nitrogen and oxygen atoms in total. The third kappa shape index (κ3) is 4.30. The van der Waals surface area contributed by atoms with Crippen molar-refractivity contribution in [2.75, 3.05) is 28.4 Å². The number of hydrogen-bond acceptors (Lipinski definition) is 8. The highest BCUT2D eigenvalue weighted by atomic mass is 31.3. The van der Waals surface area contributed by atoms with Crippen molar-refractivity contribution >= 4 is 30.6 Å². The van der Waals surface area contributed by atoms with E-state index in [1.165, 1.54) is 0 Å². The Morgan fingerprint density at radius 1 is 0.500 bits per heavy atom. The van der Waals surface area contributed by atoms with Gasteiger partial charge in [0.1, 0.15) is 0 Å². The van der Waals surface area contributed by atoms with Gasteiger partial charge in [0.15, 0.2) is 0 Å². The van der Waals surface area contributed by atoms with Gasteiger partial charge in [0.25, 0.3) is 0 Å². The first kappa shape index (κ1) is 18.6. The van der Waals surface area contributed by atoms with Crippen LogP contribution in [0.2, 0.25) is 0 Å². The first-order valence-electron chi connectivity index (χ1n) is 4.76. The molecule has 0 radical (unpaired) electrons. The Balaban J connectivity index is 3.79. The van der Waals surface area contributed by atoms with Crippen molar-refractivity contribution in [1.82, 2.24) is 0 Å². The molecule has 4 N–H and O–H groups in total. The van der Waals surface area contributed by atoms with Gasteiger partial charge >= 0.3 is 30.6 Å². The SMILES string of the molecule is COP1(O)=NP(O)(OC)=NP(O)(OC)=NP(O)(OC)=N1. The molecular weight excluding hydrogens is 356 g/mol. The second-order valence-corrected chi connectivity index (χ2v) is 11.6. The van der Waals surface area contributed by atoms with Crippen LogP contribution in [0.15, 0.2) is 18.1 Å². The van der Waals surface area contributed by atoms with Gasteiger partial charge in [0.2, 0.25) is 0 Å². The van der Waals surface area contributed by atoms with E-state index < -0.39 is 30.6 Å². The van der Waals surface area contributed by atoms with E-state index >= 15 is 0 Å². The summed E-state index contributed by atoms with van der Waals surface area (Å²) in [5, 5.41) is 0. The summed E-state index contributed by atoms with van der Waals surface area (Å²) in [6.07, 6.45) is 0. The Morgan fingerprint density at radius 2 is 0.650 bits per heavy atom. The van der Waals surface area contributed by atoms with Crippen LogP contribution in [-0.4, -0.2) is 48.0 Å². The third-order valence-electron chi connectivity index (χ3n) is 1.91. The summed E-state index contributed by atoms with van der Waals surface area (Å²) in [5.74, 6) is 0. The zero-order chi connectivity index (χ0) is 15.7. The van der Waals surface area contributed by atoms with Gasteiger partial charge in [-0.3, -0.25) is 0 Å². The van der Waals surface area contributed by atoms with Gasteiger partial charge in [0.05, 0.1) is 0 Å². The lowest BCUT2D eigenvalue weighted by atomic mass is 11.8. The van der Waals surface area contributed by atoms with E-state index in [1.54, 1.807) is 0 Å². The van der Waals surface area contributed by atoms with Crippen LogP contribution in [0, 0.1) is 0 Å². The molecule has 1 aliphatic rings. The summed E-state index contributed by atoms with van der Waals surface area (Å²) in [6, 6.07) is 0. The van der Waals surface area contributed by atoms with Crippen LogP contribution >= 0.6 is 30.6 Å². The molecule has 0 saturated carbocycles. The maximum Gasteiger partial charge on any atom is 0.346 e. The fourth-order valence-electron chi connectivity index (χ4n) is 0.971. The predicted octanol–water partition coefficient (Wildman–Crippen LogP) is 2.34. The van der Waals surface area contributed by atoms with Crippen molar-refractivity contribution in [3.05, 3.63) is 0 Å². The summed E-state index contributed by atoms with van der Waals surface area (Å²) in [4.78, 5) is 40.2. The third-order valence-corrected chi connectivity index (χ3v) is 11.3. The smallest absolute Gasteiger partial charge is 0.322 e. The molecule has 0 atom stereocenters. The molecule has 0 unspecified atom stereocenters. The Labute approximate surface area is 115 Å². The molecule has 120 valence electrons. The normalized spacial score (nSPS) is 45.2. The Morgan fingerprint density at radius 3 is 0.750 bits per heavy atom. The maximum absolute atomic E-state index is 10.1. The molecule has 0 aromatic rings. The molecule has 0 saturated heterocycles. The van der Waals surface area contributed by atoms with E-state index in [-0.39, 0.29) is 0 Å². The van der Waals surface area contributed by atoms with Crippen LogP contribution in [0.1, 0.15) is 0 Å². The van der Waals surface area contributed by atoms with Crippen LogP contribution in [-0.2, 0) is 18.1 Å². The highest BCUT2D eigenvalue weighted by Gasteiger charge is 2.36. The van der Waals surface area contributed by atoms with Gasteiger partial charge < -0.3 is 37.7 Å². The first-order valence-corrected chi connectivity index (χ1v) is 11.0. The molecule has 0 bridgehead atoms. The van der Waals surface area contributed by atoms with Gasteiger partial charge in [-0.15, -0.1) is 18.1 Å². The molecule has 1 aliphatic heterocycles. The van der Waals surface area contributed by atoms with E-state index in [0.717, 1.165) is 28.4 Å². The van der Waals surface area contributed by atoms with Crippen molar-refractivity contribution in [3.63, 3.8) is 0 Å². The molecule has 0 amide bonds. The highest BCUT2D eigenvalue weighted by Crippen LogP contribution is 2.75. The van der Waals surface area contributed by atoms with E-state index in [0.29, 0.717) is 0 Å². The minimum Gasteiger partial charge on any atom is -0.322 e. The summed E-state index contributed by atoms with van der Waals surface area (Å²) in [6.45, 7) is 0. The minimum atomic E-state index is -4.00. The monoisotopic (exact) mass is 372 g/mol. The lowest BCUT2D eigenvalue weighted by molar-refractivity contribution is 0.349. The van der Waals surface area contributed by atoms with Crippen LogP contribution in [0.25, 0.3) is 0 Å². The van der Waals surface area contributed by atoms with E-state index in [2.05, 4.69) is 36.2 Å². The highest BCUT2D eigenvalue weighted by molar-refractivity contribution is 7.77. The molecule has 0 fully saturated rings. The molecule has 0 spiro atoms. The molecule has 0 aromatic heterocycles. The molecule has 16 heteroatoms. The van der Waals surface area contributed by atoms with Gasteiger partial charge in [-0.1, -0.05) is 0 Å². The number of rotatable bonds is 4. The molecule has 1 heterocycles. The summed E-state index contributed by atoms with van der Waals surface area (Å²) >= 11 is 0. The first-order chi connectivity index (χ1) is 9.07.